The predicted molar refractivity (Wildman–Crippen MR) is 138 cm³/mol. The number of carbonyl (C=O) groups excluding carboxylic acids is 1. The van der Waals surface area contributed by atoms with Gasteiger partial charge in [-0.2, -0.15) is 0 Å². The molecule has 4 rings (SSSR count). The van der Waals surface area contributed by atoms with Gasteiger partial charge in [0.05, 0.1) is 19.1 Å². The van der Waals surface area contributed by atoms with Gasteiger partial charge in [-0.15, -0.1) is 0 Å². The van der Waals surface area contributed by atoms with Crippen LogP contribution in [0.1, 0.15) is 27.5 Å². The minimum atomic E-state index is -3.58. The number of hydrogen-bond acceptors (Lipinski definition) is 6. The normalized spacial score (nSPS) is 12.4. The number of aromatic amines is 1. The van der Waals surface area contributed by atoms with Crippen LogP contribution >= 0.6 is 11.6 Å². The van der Waals surface area contributed by atoms with E-state index in [9.17, 15) is 17.6 Å². The van der Waals surface area contributed by atoms with Crippen LogP contribution in [0, 0.1) is 12.7 Å². The fourth-order valence-electron chi connectivity index (χ4n) is 3.97. The molecule has 0 radical (unpaired) electrons. The summed E-state index contributed by atoms with van der Waals surface area (Å²) in [4.78, 5) is 17.1. The van der Waals surface area contributed by atoms with Crippen molar-refractivity contribution in [1.82, 2.24) is 4.98 Å². The number of H-pyrrole nitrogens is 1. The van der Waals surface area contributed by atoms with Crippen LogP contribution < -0.4 is 14.8 Å². The van der Waals surface area contributed by atoms with Crippen molar-refractivity contribution in [3.8, 4) is 11.5 Å². The van der Waals surface area contributed by atoms with Crippen molar-refractivity contribution in [1.29, 1.82) is 0 Å². The van der Waals surface area contributed by atoms with E-state index in [1.807, 2.05) is 13.0 Å². The second-order valence-corrected chi connectivity index (χ2v) is 10.8. The summed E-state index contributed by atoms with van der Waals surface area (Å²) in [5.74, 6) is -0.459. The summed E-state index contributed by atoms with van der Waals surface area (Å²) in [6.45, 7) is 1.86. The fourth-order valence-corrected chi connectivity index (χ4v) is 4.81. The molecule has 1 heterocycles. The highest BCUT2D eigenvalue weighted by atomic mass is 35.5. The first-order valence-electron chi connectivity index (χ1n) is 10.8. The molecule has 0 saturated carbocycles. The Morgan fingerprint density at radius 1 is 1.08 bits per heavy atom. The highest BCUT2D eigenvalue weighted by molar-refractivity contribution is 7.90. The molecule has 0 fully saturated rings. The van der Waals surface area contributed by atoms with Crippen molar-refractivity contribution >= 4 is 43.8 Å². The Bertz CT molecular complexity index is 1580. The average Bonchev–Trinajstić information content (AvgIpc) is 3.24. The summed E-state index contributed by atoms with van der Waals surface area (Å²) in [6, 6.07) is 10.7. The highest BCUT2D eigenvalue weighted by Crippen LogP contribution is 2.35. The molecule has 2 N–H and O–H groups in total. The Balaban J connectivity index is 1.88. The van der Waals surface area contributed by atoms with E-state index in [2.05, 4.69) is 10.3 Å². The van der Waals surface area contributed by atoms with E-state index in [1.54, 1.807) is 18.3 Å². The molecule has 0 saturated heterocycles. The number of fused-ring (bicyclic) bond motifs is 1. The van der Waals surface area contributed by atoms with Crippen molar-refractivity contribution in [2.75, 3.05) is 25.8 Å². The minimum Gasteiger partial charge on any atom is -0.497 e. The Labute approximate surface area is 213 Å². The smallest absolute Gasteiger partial charge is 0.191 e. The van der Waals surface area contributed by atoms with Gasteiger partial charge in [0.1, 0.15) is 23.4 Å². The molecule has 0 spiro atoms. The number of sulfone groups is 1. The Morgan fingerprint density at radius 2 is 1.83 bits per heavy atom. The van der Waals surface area contributed by atoms with Gasteiger partial charge in [0.15, 0.2) is 15.6 Å². The maximum absolute atomic E-state index is 14.0. The molecule has 188 valence electrons. The lowest BCUT2D eigenvalue weighted by molar-refractivity contribution is 0.0970. The van der Waals surface area contributed by atoms with E-state index in [1.165, 1.54) is 44.6 Å². The SMILES string of the molecule is COc1cc(NC(C(=O)c2c[nH]c3cc(C)c(Cl)cc23)c2ccc(F)cc2OC)cc(S(C)(=O)=O)c1. The lowest BCUT2D eigenvalue weighted by Crippen LogP contribution is -2.22. The van der Waals surface area contributed by atoms with Crippen LogP contribution in [0.15, 0.2) is 59.6 Å². The molecule has 0 aliphatic carbocycles. The Hall–Kier alpha value is -3.56. The van der Waals surface area contributed by atoms with Crippen LogP contribution in [0.2, 0.25) is 5.02 Å². The van der Waals surface area contributed by atoms with Gasteiger partial charge >= 0.3 is 0 Å². The maximum atomic E-state index is 14.0. The number of benzene rings is 3. The van der Waals surface area contributed by atoms with Gasteiger partial charge in [0.25, 0.3) is 0 Å². The van der Waals surface area contributed by atoms with Crippen LogP contribution in [-0.2, 0) is 9.84 Å². The number of aromatic nitrogens is 1. The van der Waals surface area contributed by atoms with E-state index in [4.69, 9.17) is 21.1 Å². The zero-order valence-corrected chi connectivity index (χ0v) is 21.6. The quantitative estimate of drug-likeness (QED) is 0.282. The maximum Gasteiger partial charge on any atom is 0.191 e. The molecule has 3 aromatic carbocycles. The van der Waals surface area contributed by atoms with Crippen LogP contribution in [-0.4, -0.2) is 39.7 Å². The molecule has 1 atom stereocenters. The molecule has 36 heavy (non-hydrogen) atoms. The summed E-state index contributed by atoms with van der Waals surface area (Å²) in [7, 11) is -0.789. The van der Waals surface area contributed by atoms with Crippen molar-refractivity contribution in [3.05, 3.63) is 82.3 Å². The third kappa shape index (κ3) is 5.03. The first-order chi connectivity index (χ1) is 17.0. The zero-order chi connectivity index (χ0) is 26.2. The number of halogens is 2. The molecule has 4 aromatic rings. The Morgan fingerprint density at radius 3 is 2.50 bits per heavy atom. The van der Waals surface area contributed by atoms with Crippen LogP contribution in [0.5, 0.6) is 11.5 Å². The number of methoxy groups -OCH3 is 2. The number of rotatable bonds is 8. The molecular formula is C26H24ClFN2O5S. The van der Waals surface area contributed by atoms with Crippen molar-refractivity contribution < 1.29 is 27.1 Å². The third-order valence-electron chi connectivity index (χ3n) is 5.85. The van der Waals surface area contributed by atoms with E-state index in [-0.39, 0.29) is 22.2 Å². The number of ether oxygens (including phenoxy) is 2. The molecule has 0 aliphatic rings. The van der Waals surface area contributed by atoms with Crippen molar-refractivity contribution in [3.63, 3.8) is 0 Å². The van der Waals surface area contributed by atoms with Gasteiger partial charge in [0, 0.05) is 57.3 Å². The first kappa shape index (κ1) is 25.5. The van der Waals surface area contributed by atoms with Gasteiger partial charge in [-0.1, -0.05) is 11.6 Å². The summed E-state index contributed by atoms with van der Waals surface area (Å²) in [5, 5.41) is 4.23. The van der Waals surface area contributed by atoms with Gasteiger partial charge in [-0.25, -0.2) is 12.8 Å². The van der Waals surface area contributed by atoms with Gasteiger partial charge in [-0.05, 0) is 48.9 Å². The molecule has 0 bridgehead atoms. The molecule has 10 heteroatoms. The lowest BCUT2D eigenvalue weighted by atomic mass is 9.95. The van der Waals surface area contributed by atoms with E-state index >= 15 is 0 Å². The summed E-state index contributed by atoms with van der Waals surface area (Å²) < 4.78 is 49.1. The largest absolute Gasteiger partial charge is 0.497 e. The molecular weight excluding hydrogens is 507 g/mol. The van der Waals surface area contributed by atoms with Crippen LogP contribution in [0.4, 0.5) is 10.1 Å². The molecule has 0 amide bonds. The second kappa shape index (κ2) is 9.83. The molecule has 1 unspecified atom stereocenters. The van der Waals surface area contributed by atoms with Crippen molar-refractivity contribution in [2.24, 2.45) is 0 Å². The molecule has 0 aliphatic heterocycles. The van der Waals surface area contributed by atoms with E-state index < -0.39 is 21.7 Å². The monoisotopic (exact) mass is 530 g/mol. The summed E-state index contributed by atoms with van der Waals surface area (Å²) >= 11 is 6.33. The van der Waals surface area contributed by atoms with E-state index in [0.29, 0.717) is 27.2 Å². The molecule has 7 nitrogen and oxygen atoms in total. The fraction of sp³-hybridized carbons (Fsp3) is 0.192. The van der Waals surface area contributed by atoms with Crippen molar-refractivity contribution in [2.45, 2.75) is 17.9 Å². The average molecular weight is 531 g/mol. The number of carbonyl (C=O) groups is 1. The summed E-state index contributed by atoms with van der Waals surface area (Å²) in [6.07, 6.45) is 2.66. The van der Waals surface area contributed by atoms with Gasteiger partial charge in [0.2, 0.25) is 0 Å². The Kier molecular flexibility index (Phi) is 6.97. The topological polar surface area (TPSA) is 97.5 Å². The van der Waals surface area contributed by atoms with Gasteiger partial charge in [-0.3, -0.25) is 4.79 Å². The number of anilines is 1. The number of hydrogen-bond donors (Lipinski definition) is 2. The second-order valence-electron chi connectivity index (χ2n) is 8.35. The summed E-state index contributed by atoms with van der Waals surface area (Å²) in [5.41, 5.74) is 2.60. The van der Waals surface area contributed by atoms with E-state index in [0.717, 1.165) is 17.3 Å². The lowest BCUT2D eigenvalue weighted by Gasteiger charge is -2.22. The van der Waals surface area contributed by atoms with Gasteiger partial charge < -0.3 is 19.8 Å². The number of Topliss-reactive ketones (excluding diaryl/α,β-unsaturated/α-hetero) is 1. The first-order valence-corrected chi connectivity index (χ1v) is 13.1. The third-order valence-corrected chi connectivity index (χ3v) is 7.35. The number of nitrogens with one attached hydrogen (secondary N) is 2. The standard InChI is InChI=1S/C26H24ClFN2O5S/c1-14-7-23-20(12-22(14)27)21(13-29-23)26(31)25(19-6-5-15(28)8-24(19)35-3)30-16-9-17(34-2)11-18(10-16)36(4,32)33/h5-13,25,29-30H,1-4H3. The number of ketones is 1. The minimum absolute atomic E-state index is 0.0102. The predicted octanol–water partition coefficient (Wildman–Crippen LogP) is 5.73. The van der Waals surface area contributed by atoms with Crippen LogP contribution in [0.3, 0.4) is 0 Å². The zero-order valence-electron chi connectivity index (χ0n) is 20.0. The molecule has 1 aromatic heterocycles. The van der Waals surface area contributed by atoms with Crippen LogP contribution in [0.25, 0.3) is 10.9 Å². The number of aryl methyl sites for hydroxylation is 1. The highest BCUT2D eigenvalue weighted by Gasteiger charge is 2.28.